The van der Waals surface area contributed by atoms with E-state index in [0.29, 0.717) is 32.6 Å². The van der Waals surface area contributed by atoms with Crippen molar-refractivity contribution in [2.24, 2.45) is 0 Å². The Balaban J connectivity index is 1.74. The first kappa shape index (κ1) is 23.1. The summed E-state index contributed by atoms with van der Waals surface area (Å²) in [7, 11) is 0. The van der Waals surface area contributed by atoms with Crippen molar-refractivity contribution in [1.29, 1.82) is 0 Å². The Kier molecular flexibility index (Phi) is 7.65. The summed E-state index contributed by atoms with van der Waals surface area (Å²) in [6.07, 6.45) is 8.16. The van der Waals surface area contributed by atoms with Gasteiger partial charge in [-0.05, 0) is 61.5 Å². The van der Waals surface area contributed by atoms with Crippen LogP contribution in [-0.4, -0.2) is 21.4 Å². The normalized spacial score (nSPS) is 12.0. The number of halogens is 2. The van der Waals surface area contributed by atoms with Gasteiger partial charge < -0.3 is 15.2 Å². The number of hydrogen-bond donors (Lipinski definition) is 2. The maximum atomic E-state index is 12.7. The number of carbonyl (C=O) groups is 2. The molecule has 2 aromatic carbocycles. The average Bonchev–Trinajstić information content (AvgIpc) is 3.33. The summed E-state index contributed by atoms with van der Waals surface area (Å²) in [4.78, 5) is 29.2. The monoisotopic (exact) mass is 466 g/mol. The molecule has 0 saturated carbocycles. The van der Waals surface area contributed by atoms with Crippen molar-refractivity contribution in [3.8, 4) is 5.69 Å². The number of aromatic nitrogens is 2. The standard InChI is InChI=1S/C24H20Cl2N4O2/c1-3-20(14-22(16(2)25)29-24(32)18-5-4-6-19(26)13-18)28-23(31)17-7-9-21(10-8-17)30-12-11-27-15-30/h3-15H,1H2,2H3,(H,28,31)(H,29,32)/b20-14+,22-16-. The summed E-state index contributed by atoms with van der Waals surface area (Å²) in [5.74, 6) is -0.718. The Hall–Kier alpha value is -3.61. The van der Waals surface area contributed by atoms with Crippen LogP contribution in [0.4, 0.5) is 0 Å². The fourth-order valence-electron chi connectivity index (χ4n) is 2.75. The van der Waals surface area contributed by atoms with Gasteiger partial charge in [0.25, 0.3) is 11.8 Å². The second-order valence-electron chi connectivity index (χ2n) is 6.69. The zero-order valence-corrected chi connectivity index (χ0v) is 18.7. The minimum Gasteiger partial charge on any atom is -0.322 e. The zero-order chi connectivity index (χ0) is 23.1. The lowest BCUT2D eigenvalue weighted by atomic mass is 10.1. The minimum absolute atomic E-state index is 0.322. The van der Waals surface area contributed by atoms with Crippen molar-refractivity contribution >= 4 is 35.0 Å². The van der Waals surface area contributed by atoms with Crippen molar-refractivity contribution in [2.45, 2.75) is 6.92 Å². The van der Waals surface area contributed by atoms with Crippen molar-refractivity contribution < 1.29 is 9.59 Å². The summed E-state index contributed by atoms with van der Waals surface area (Å²) in [6.45, 7) is 5.36. The maximum Gasteiger partial charge on any atom is 0.255 e. The summed E-state index contributed by atoms with van der Waals surface area (Å²) >= 11 is 12.1. The smallest absolute Gasteiger partial charge is 0.255 e. The predicted molar refractivity (Wildman–Crippen MR) is 127 cm³/mol. The highest BCUT2D eigenvalue weighted by Gasteiger charge is 2.11. The van der Waals surface area contributed by atoms with Crippen LogP contribution in [0, 0.1) is 0 Å². The number of hydrogen-bond acceptors (Lipinski definition) is 3. The number of imidazole rings is 1. The summed E-state index contributed by atoms with van der Waals surface area (Å²) in [5, 5.41) is 6.27. The number of carbonyl (C=O) groups excluding carboxylic acids is 2. The molecule has 0 spiro atoms. The molecular weight excluding hydrogens is 447 g/mol. The first-order valence-corrected chi connectivity index (χ1v) is 10.3. The van der Waals surface area contributed by atoms with E-state index in [1.54, 1.807) is 55.8 Å². The molecule has 0 bridgehead atoms. The second kappa shape index (κ2) is 10.6. The van der Waals surface area contributed by atoms with Gasteiger partial charge in [-0.3, -0.25) is 9.59 Å². The quantitative estimate of drug-likeness (QED) is 0.468. The van der Waals surface area contributed by atoms with Gasteiger partial charge in [-0.25, -0.2) is 4.98 Å². The first-order valence-electron chi connectivity index (χ1n) is 9.54. The number of rotatable bonds is 7. The van der Waals surface area contributed by atoms with Gasteiger partial charge in [0.1, 0.15) is 0 Å². The average molecular weight is 467 g/mol. The first-order chi connectivity index (χ1) is 15.4. The van der Waals surface area contributed by atoms with Crippen LogP contribution in [0.15, 0.2) is 102 Å². The molecule has 0 saturated heterocycles. The lowest BCUT2D eigenvalue weighted by Gasteiger charge is -2.11. The molecule has 1 aromatic heterocycles. The van der Waals surface area contributed by atoms with E-state index in [1.165, 1.54) is 12.2 Å². The molecular formula is C24H20Cl2N4O2. The molecule has 0 unspecified atom stereocenters. The van der Waals surface area contributed by atoms with Gasteiger partial charge in [-0.1, -0.05) is 35.8 Å². The van der Waals surface area contributed by atoms with E-state index < -0.39 is 0 Å². The molecule has 0 aliphatic carbocycles. The van der Waals surface area contributed by atoms with E-state index >= 15 is 0 Å². The number of nitrogens with one attached hydrogen (secondary N) is 2. The molecule has 0 radical (unpaired) electrons. The number of benzene rings is 2. The summed E-state index contributed by atoms with van der Waals surface area (Å²) in [6, 6.07) is 13.6. The molecule has 0 aliphatic rings. The molecule has 3 aromatic rings. The van der Waals surface area contributed by atoms with Gasteiger partial charge >= 0.3 is 0 Å². The largest absolute Gasteiger partial charge is 0.322 e. The Morgan fingerprint density at radius 1 is 1.06 bits per heavy atom. The fourth-order valence-corrected chi connectivity index (χ4v) is 3.04. The van der Waals surface area contributed by atoms with Crippen LogP contribution in [0.3, 0.4) is 0 Å². The van der Waals surface area contributed by atoms with Crippen molar-refractivity contribution in [3.05, 3.63) is 119 Å². The second-order valence-corrected chi connectivity index (χ2v) is 7.69. The molecule has 162 valence electrons. The van der Waals surface area contributed by atoms with Crippen LogP contribution in [0.25, 0.3) is 5.69 Å². The third-order valence-electron chi connectivity index (χ3n) is 4.42. The molecule has 2 amide bonds. The number of amides is 2. The van der Waals surface area contributed by atoms with Crippen LogP contribution < -0.4 is 10.6 Å². The van der Waals surface area contributed by atoms with E-state index in [-0.39, 0.29) is 11.8 Å². The SMILES string of the molecule is C=C/C(=C\C(NC(=O)c1cccc(Cl)c1)=C(/C)Cl)NC(=O)c1ccc(-n2ccnc2)cc1. The summed E-state index contributed by atoms with van der Waals surface area (Å²) < 4.78 is 1.83. The Morgan fingerprint density at radius 2 is 1.78 bits per heavy atom. The lowest BCUT2D eigenvalue weighted by Crippen LogP contribution is -2.25. The van der Waals surface area contributed by atoms with Crippen molar-refractivity contribution in [2.75, 3.05) is 0 Å². The van der Waals surface area contributed by atoms with Crippen LogP contribution in [0.5, 0.6) is 0 Å². The molecule has 3 rings (SSSR count). The van der Waals surface area contributed by atoms with Gasteiger partial charge in [0.2, 0.25) is 0 Å². The molecule has 0 atom stereocenters. The van der Waals surface area contributed by atoms with E-state index in [9.17, 15) is 9.59 Å². The molecule has 8 heteroatoms. The summed E-state index contributed by atoms with van der Waals surface area (Å²) in [5.41, 5.74) is 2.41. The number of allylic oxidation sites excluding steroid dienone is 3. The zero-order valence-electron chi connectivity index (χ0n) is 17.2. The van der Waals surface area contributed by atoms with Crippen LogP contribution in [0.2, 0.25) is 5.02 Å². The van der Waals surface area contributed by atoms with Crippen LogP contribution >= 0.6 is 23.2 Å². The highest BCUT2D eigenvalue weighted by molar-refractivity contribution is 6.31. The van der Waals surface area contributed by atoms with Crippen LogP contribution in [-0.2, 0) is 0 Å². The van der Waals surface area contributed by atoms with E-state index in [4.69, 9.17) is 23.2 Å². The highest BCUT2D eigenvalue weighted by Crippen LogP contribution is 2.15. The predicted octanol–water partition coefficient (Wildman–Crippen LogP) is 5.23. The third kappa shape index (κ3) is 5.97. The maximum absolute atomic E-state index is 12.7. The van der Waals surface area contributed by atoms with Crippen LogP contribution in [0.1, 0.15) is 27.6 Å². The molecule has 32 heavy (non-hydrogen) atoms. The van der Waals surface area contributed by atoms with Gasteiger partial charge in [0.05, 0.1) is 12.0 Å². The number of nitrogens with zero attached hydrogens (tertiary/aromatic N) is 2. The molecule has 0 aliphatic heterocycles. The van der Waals surface area contributed by atoms with Gasteiger partial charge in [0.15, 0.2) is 0 Å². The van der Waals surface area contributed by atoms with Crippen molar-refractivity contribution in [3.63, 3.8) is 0 Å². The molecule has 6 nitrogen and oxygen atoms in total. The molecule has 1 heterocycles. The Morgan fingerprint density at radius 3 is 2.38 bits per heavy atom. The fraction of sp³-hybridized carbons (Fsp3) is 0.0417. The van der Waals surface area contributed by atoms with Gasteiger partial charge in [0, 0.05) is 45.0 Å². The topological polar surface area (TPSA) is 76.0 Å². The lowest BCUT2D eigenvalue weighted by molar-refractivity contribution is 0.0961. The van der Waals surface area contributed by atoms with E-state index in [0.717, 1.165) is 5.69 Å². The third-order valence-corrected chi connectivity index (χ3v) is 4.85. The minimum atomic E-state index is -0.386. The van der Waals surface area contributed by atoms with E-state index in [2.05, 4.69) is 22.2 Å². The van der Waals surface area contributed by atoms with Gasteiger partial charge in [-0.15, -0.1) is 0 Å². The Bertz CT molecular complexity index is 1190. The highest BCUT2D eigenvalue weighted by atomic mass is 35.5. The van der Waals surface area contributed by atoms with Crippen molar-refractivity contribution in [1.82, 2.24) is 20.2 Å². The molecule has 0 fully saturated rings. The molecule has 2 N–H and O–H groups in total. The van der Waals surface area contributed by atoms with E-state index in [1.807, 2.05) is 22.9 Å². The Labute approximate surface area is 195 Å². The van der Waals surface area contributed by atoms with Gasteiger partial charge in [-0.2, -0.15) is 0 Å².